The Morgan fingerprint density at radius 2 is 1.69 bits per heavy atom. The summed E-state index contributed by atoms with van der Waals surface area (Å²) in [6.45, 7) is 11.2. The first-order chi connectivity index (χ1) is 20.8. The van der Waals surface area contributed by atoms with E-state index in [0.29, 0.717) is 23.7 Å². The zero-order chi connectivity index (χ0) is 34.0. The number of sulfone groups is 1. The van der Waals surface area contributed by atoms with Crippen LogP contribution in [0, 0.1) is 5.41 Å². The zero-order valence-electron chi connectivity index (χ0n) is 27.9. The monoisotopic (exact) mass is 653 g/mol. The van der Waals surface area contributed by atoms with Crippen molar-refractivity contribution in [2.75, 3.05) is 39.2 Å². The van der Waals surface area contributed by atoms with Crippen molar-refractivity contribution in [1.82, 2.24) is 26.2 Å². The number of urea groups is 1. The number of carbonyl (C=O) groups excluding carboxylic acids is 5. The molecule has 5 atom stereocenters. The second kappa shape index (κ2) is 13.8. The molecule has 2 heterocycles. The van der Waals surface area contributed by atoms with E-state index < -0.39 is 68.5 Å². The lowest BCUT2D eigenvalue weighted by Crippen LogP contribution is -2.64. The number of nitrogens with one attached hydrogen (secondary N) is 4. The number of ketones is 1. The highest BCUT2D eigenvalue weighted by atomic mass is 32.2. The molecule has 14 heteroatoms. The van der Waals surface area contributed by atoms with Gasteiger partial charge in [0.25, 0.3) is 5.91 Å². The van der Waals surface area contributed by atoms with Crippen LogP contribution in [0.4, 0.5) is 4.79 Å². The average molecular weight is 654 g/mol. The number of hydrogen-bond donors (Lipinski definition) is 4. The molecule has 1 aliphatic carbocycles. The van der Waals surface area contributed by atoms with Crippen molar-refractivity contribution >= 4 is 39.4 Å². The summed E-state index contributed by atoms with van der Waals surface area (Å²) in [4.78, 5) is 68.4. The minimum Gasteiger partial charge on any atom is -0.346 e. The molecule has 0 bridgehead atoms. The van der Waals surface area contributed by atoms with Gasteiger partial charge in [-0.25, -0.2) is 13.2 Å². The maximum Gasteiger partial charge on any atom is 0.315 e. The van der Waals surface area contributed by atoms with Crippen molar-refractivity contribution < 1.29 is 36.9 Å². The third-order valence-corrected chi connectivity index (χ3v) is 10.6. The Morgan fingerprint density at radius 1 is 1.07 bits per heavy atom. The van der Waals surface area contributed by atoms with E-state index in [9.17, 15) is 32.4 Å². The molecule has 0 aromatic heterocycles. The normalized spacial score (nSPS) is 24.8. The Morgan fingerprint density at radius 3 is 2.22 bits per heavy atom. The number of hydrogen-bond acceptors (Lipinski definition) is 7. The summed E-state index contributed by atoms with van der Waals surface area (Å²) in [5.41, 5.74) is -1.67. The first-order valence-corrected chi connectivity index (χ1v) is 18.0. The average Bonchev–Trinajstić information content (AvgIpc) is 3.25. The van der Waals surface area contributed by atoms with Gasteiger partial charge in [-0.3, -0.25) is 19.2 Å². The van der Waals surface area contributed by atoms with E-state index in [2.05, 4.69) is 27.8 Å². The Hall–Kier alpha value is -3.00. The number of likely N-dealkylation sites (tertiary alicyclic amines) is 1. The van der Waals surface area contributed by atoms with Crippen molar-refractivity contribution in [3.8, 4) is 0 Å². The van der Waals surface area contributed by atoms with Gasteiger partial charge < -0.3 is 30.7 Å². The molecule has 2 aliphatic heterocycles. The number of likely N-dealkylation sites (N-methyl/N-ethyl adjacent to an activating group) is 1. The van der Waals surface area contributed by atoms with Gasteiger partial charge in [-0.1, -0.05) is 59.5 Å². The summed E-state index contributed by atoms with van der Waals surface area (Å²) >= 11 is 0. The second-order valence-electron chi connectivity index (χ2n) is 14.6. The Kier molecular flexibility index (Phi) is 11.2. The van der Waals surface area contributed by atoms with Gasteiger partial charge >= 0.3 is 6.03 Å². The Balaban J connectivity index is 1.83. The minimum atomic E-state index is -3.39. The highest BCUT2D eigenvalue weighted by Crippen LogP contribution is 2.46. The van der Waals surface area contributed by atoms with Crippen LogP contribution in [0.2, 0.25) is 0 Å². The minimum absolute atomic E-state index is 0.00405. The van der Waals surface area contributed by atoms with Gasteiger partial charge in [0, 0.05) is 12.8 Å². The zero-order valence-corrected chi connectivity index (χ0v) is 28.7. The number of nitrogens with zero attached hydrogens (tertiary/aromatic N) is 2. The molecule has 0 radical (unpaired) electrons. The van der Waals surface area contributed by atoms with Crippen molar-refractivity contribution in [3.63, 3.8) is 0 Å². The standard InChI is InChI=1S/C31H52N6O7S/c1-9-14-20(24(38)27(40)32-17-10-2)33-26(39)22-23-21(37(23,6)7)18-36(22)28(41)25(30(3,4)5)34-29(42)35-31(19-45(8,43)44)15-12-11-13-16-31/h10,20-23,25H,2,9,11-19H2,1,3-8H3,(H3-,32,33,34,35,39,40,42)/p+1. The van der Waals surface area contributed by atoms with Crippen LogP contribution < -0.4 is 21.3 Å². The Bertz CT molecular complexity index is 1290. The van der Waals surface area contributed by atoms with Gasteiger partial charge in [-0.2, -0.15) is 0 Å². The van der Waals surface area contributed by atoms with E-state index in [0.717, 1.165) is 25.5 Å². The van der Waals surface area contributed by atoms with Crippen molar-refractivity contribution in [2.45, 2.75) is 108 Å². The lowest BCUT2D eigenvalue weighted by molar-refractivity contribution is -0.788. The molecule has 13 nitrogen and oxygen atoms in total. The third kappa shape index (κ3) is 8.63. The first-order valence-electron chi connectivity index (χ1n) is 15.9. The van der Waals surface area contributed by atoms with E-state index in [-0.39, 0.29) is 37.3 Å². The molecule has 3 fully saturated rings. The molecule has 3 aliphatic rings. The second-order valence-corrected chi connectivity index (χ2v) is 16.8. The maximum atomic E-state index is 14.3. The summed E-state index contributed by atoms with van der Waals surface area (Å²) in [7, 11) is 0.567. The fourth-order valence-electron chi connectivity index (χ4n) is 7.09. The highest BCUT2D eigenvalue weighted by molar-refractivity contribution is 7.90. The fourth-order valence-corrected chi connectivity index (χ4v) is 8.45. The number of fused-ring (bicyclic) bond motifs is 1. The SMILES string of the molecule is C=CCNC(=O)C(=O)C(CCC)NC(=O)C1C2C(CN1C(=O)C(NC(=O)NC1(CS(C)(=O)=O)CCCCC1)C(C)(C)C)[N+]2(C)C. The number of piperazine rings is 1. The number of carbonyl (C=O) groups is 5. The third-order valence-electron chi connectivity index (χ3n) is 9.48. The van der Waals surface area contributed by atoms with Crippen LogP contribution in [-0.4, -0.2) is 122 Å². The van der Waals surface area contributed by atoms with Crippen LogP contribution >= 0.6 is 0 Å². The van der Waals surface area contributed by atoms with Gasteiger partial charge in [0.15, 0.2) is 18.1 Å². The van der Waals surface area contributed by atoms with Crippen molar-refractivity contribution in [3.05, 3.63) is 12.7 Å². The fraction of sp³-hybridized carbons (Fsp3) is 0.774. The van der Waals surface area contributed by atoms with Gasteiger partial charge in [-0.15, -0.1) is 6.58 Å². The topological polar surface area (TPSA) is 171 Å². The lowest BCUT2D eigenvalue weighted by atomic mass is 9.83. The van der Waals surface area contributed by atoms with Crippen LogP contribution in [0.1, 0.15) is 72.6 Å². The molecule has 45 heavy (non-hydrogen) atoms. The predicted octanol–water partition coefficient (Wildman–Crippen LogP) is 0.642. The van der Waals surface area contributed by atoms with Crippen molar-refractivity contribution in [1.29, 1.82) is 0 Å². The summed E-state index contributed by atoms with van der Waals surface area (Å²) in [5.74, 6) is -2.72. The molecule has 3 rings (SSSR count). The molecular formula is C31H53N6O7S+. The molecule has 5 amide bonds. The molecule has 2 saturated heterocycles. The molecule has 0 spiro atoms. The molecule has 5 unspecified atom stereocenters. The number of rotatable bonds is 13. The summed E-state index contributed by atoms with van der Waals surface area (Å²) in [5, 5.41) is 11.0. The van der Waals surface area contributed by atoms with E-state index in [1.54, 1.807) is 0 Å². The largest absolute Gasteiger partial charge is 0.346 e. The first kappa shape index (κ1) is 36.5. The van der Waals surface area contributed by atoms with Crippen LogP contribution in [0.3, 0.4) is 0 Å². The Labute approximate surface area is 267 Å². The van der Waals surface area contributed by atoms with Crippen LogP contribution in [0.5, 0.6) is 0 Å². The van der Waals surface area contributed by atoms with Crippen LogP contribution in [0.15, 0.2) is 12.7 Å². The van der Waals surface area contributed by atoms with Crippen LogP contribution in [-0.2, 0) is 29.0 Å². The van der Waals surface area contributed by atoms with Crippen molar-refractivity contribution in [2.24, 2.45) is 5.41 Å². The van der Waals surface area contributed by atoms with Crippen LogP contribution in [0.25, 0.3) is 0 Å². The van der Waals surface area contributed by atoms with E-state index in [4.69, 9.17) is 0 Å². The smallest absolute Gasteiger partial charge is 0.315 e. The van der Waals surface area contributed by atoms with E-state index in [1.165, 1.54) is 11.0 Å². The summed E-state index contributed by atoms with van der Waals surface area (Å²) in [6.07, 6.45) is 6.98. The van der Waals surface area contributed by atoms with E-state index >= 15 is 0 Å². The number of Topliss-reactive ketones (excluding diaryl/α,β-unsaturated/α-hetero) is 1. The molecular weight excluding hydrogens is 600 g/mol. The van der Waals surface area contributed by atoms with Gasteiger partial charge in [0.1, 0.15) is 15.9 Å². The predicted molar refractivity (Wildman–Crippen MR) is 171 cm³/mol. The molecule has 0 aromatic carbocycles. The summed E-state index contributed by atoms with van der Waals surface area (Å²) in [6, 6.07) is -3.84. The molecule has 0 aromatic rings. The lowest BCUT2D eigenvalue weighted by Gasteiger charge is -2.40. The van der Waals surface area contributed by atoms with Gasteiger partial charge in [0.05, 0.1) is 38.0 Å². The molecule has 1 saturated carbocycles. The molecule has 4 N–H and O–H groups in total. The highest BCUT2D eigenvalue weighted by Gasteiger charge is 2.73. The maximum absolute atomic E-state index is 14.3. The molecule has 254 valence electrons. The number of quaternary nitrogens is 1. The summed E-state index contributed by atoms with van der Waals surface area (Å²) < 4.78 is 25.0. The quantitative estimate of drug-likeness (QED) is 0.0978. The number of amides is 5. The van der Waals surface area contributed by atoms with E-state index in [1.807, 2.05) is 41.8 Å². The van der Waals surface area contributed by atoms with Gasteiger partial charge in [-0.05, 0) is 24.7 Å². The van der Waals surface area contributed by atoms with Gasteiger partial charge in [0.2, 0.25) is 17.6 Å².